The van der Waals surface area contributed by atoms with Gasteiger partial charge in [-0.25, -0.2) is 0 Å². The maximum atomic E-state index is 6.11. The summed E-state index contributed by atoms with van der Waals surface area (Å²) in [6.07, 6.45) is 14.5. The minimum absolute atomic E-state index is 0.188. The largest absolute Gasteiger partial charge is 0.375 e. The molecule has 1 heterocycles. The summed E-state index contributed by atoms with van der Waals surface area (Å²) in [5.74, 6) is 0. The van der Waals surface area contributed by atoms with Gasteiger partial charge in [-0.15, -0.1) is 0 Å². The Morgan fingerprint density at radius 1 is 0.944 bits per heavy atom. The van der Waals surface area contributed by atoms with Crippen molar-refractivity contribution < 1.29 is 9.57 Å². The number of hydroxylamine groups is 1. The average molecular weight is 253 g/mol. The number of hydrogen-bond acceptors (Lipinski definition) is 3. The maximum Gasteiger partial charge on any atom is 0.0790 e. The van der Waals surface area contributed by atoms with E-state index in [0.717, 1.165) is 19.4 Å². The lowest BCUT2D eigenvalue weighted by Gasteiger charge is -2.43. The molecule has 0 radical (unpaired) electrons. The Hall–Kier alpha value is -0.120. The van der Waals surface area contributed by atoms with Crippen LogP contribution in [-0.4, -0.2) is 24.4 Å². The first-order valence-corrected chi connectivity index (χ1v) is 7.91. The number of nitrogens with one attached hydrogen (secondary N) is 1. The summed E-state index contributed by atoms with van der Waals surface area (Å²) in [5.41, 5.74) is 3.54. The summed E-state index contributed by atoms with van der Waals surface area (Å²) >= 11 is 0. The second-order valence-corrected chi connectivity index (χ2v) is 6.42. The summed E-state index contributed by atoms with van der Waals surface area (Å²) in [4.78, 5) is 5.87. The van der Waals surface area contributed by atoms with E-state index in [-0.39, 0.29) is 5.60 Å². The number of ether oxygens (including phenoxy) is 1. The van der Waals surface area contributed by atoms with Crippen LogP contribution in [0.15, 0.2) is 0 Å². The van der Waals surface area contributed by atoms with E-state index in [1.165, 1.54) is 57.8 Å². The zero-order valence-electron chi connectivity index (χ0n) is 11.5. The third-order valence-corrected chi connectivity index (χ3v) is 4.96. The van der Waals surface area contributed by atoms with Crippen LogP contribution in [0.1, 0.15) is 70.6 Å². The van der Waals surface area contributed by atoms with Crippen molar-refractivity contribution in [1.29, 1.82) is 0 Å². The molecule has 1 saturated heterocycles. The molecule has 104 valence electrons. The smallest absolute Gasteiger partial charge is 0.0790 e. The standard InChI is InChI=1S/C15H27NO2/c1-4-9-15(10-5-1)12-13(8-11-17-15)16-18-14-6-2-3-7-14/h13-14,16H,1-12H2. The van der Waals surface area contributed by atoms with E-state index in [1.54, 1.807) is 0 Å². The van der Waals surface area contributed by atoms with Crippen LogP contribution in [0.5, 0.6) is 0 Å². The van der Waals surface area contributed by atoms with E-state index in [1.807, 2.05) is 0 Å². The molecule has 0 aromatic rings. The molecule has 1 atom stereocenters. The summed E-state index contributed by atoms with van der Waals surface area (Å²) in [5, 5.41) is 0. The summed E-state index contributed by atoms with van der Waals surface area (Å²) in [6, 6.07) is 0.512. The fraction of sp³-hybridized carbons (Fsp3) is 1.00. The van der Waals surface area contributed by atoms with Gasteiger partial charge < -0.3 is 4.74 Å². The third kappa shape index (κ3) is 3.06. The second-order valence-electron chi connectivity index (χ2n) is 6.42. The Morgan fingerprint density at radius 2 is 1.72 bits per heavy atom. The third-order valence-electron chi connectivity index (χ3n) is 4.96. The summed E-state index contributed by atoms with van der Waals surface area (Å²) in [7, 11) is 0. The molecule has 3 heteroatoms. The molecule has 1 spiro atoms. The first kappa shape index (κ1) is 12.9. The van der Waals surface area contributed by atoms with Gasteiger partial charge in [0.15, 0.2) is 0 Å². The van der Waals surface area contributed by atoms with Crippen LogP contribution in [0, 0.1) is 0 Å². The van der Waals surface area contributed by atoms with Crippen LogP contribution in [-0.2, 0) is 9.57 Å². The van der Waals surface area contributed by atoms with Gasteiger partial charge in [0.05, 0.1) is 11.7 Å². The molecule has 3 nitrogen and oxygen atoms in total. The van der Waals surface area contributed by atoms with Crippen LogP contribution in [0.2, 0.25) is 0 Å². The molecule has 2 saturated carbocycles. The summed E-state index contributed by atoms with van der Waals surface area (Å²) in [6.45, 7) is 0.908. The zero-order valence-corrected chi connectivity index (χ0v) is 11.5. The highest BCUT2D eigenvalue weighted by Gasteiger charge is 2.38. The highest BCUT2D eigenvalue weighted by molar-refractivity contribution is 4.91. The van der Waals surface area contributed by atoms with Gasteiger partial charge in [0.25, 0.3) is 0 Å². The molecule has 3 aliphatic rings. The van der Waals surface area contributed by atoms with Crippen molar-refractivity contribution in [1.82, 2.24) is 5.48 Å². The van der Waals surface area contributed by atoms with Crippen LogP contribution in [0.25, 0.3) is 0 Å². The molecular formula is C15H27NO2. The lowest BCUT2D eigenvalue weighted by Crippen LogP contribution is -2.48. The van der Waals surface area contributed by atoms with E-state index in [4.69, 9.17) is 9.57 Å². The molecule has 0 bridgehead atoms. The normalized spacial score (nSPS) is 33.0. The van der Waals surface area contributed by atoms with Crippen LogP contribution in [0.3, 0.4) is 0 Å². The molecule has 3 fully saturated rings. The van der Waals surface area contributed by atoms with Gasteiger partial charge in [-0.05, 0) is 38.5 Å². The minimum atomic E-state index is 0.188. The number of rotatable bonds is 3. The van der Waals surface area contributed by atoms with Crippen molar-refractivity contribution in [3.05, 3.63) is 0 Å². The molecule has 1 unspecified atom stereocenters. The van der Waals surface area contributed by atoms with Crippen molar-refractivity contribution in [2.24, 2.45) is 0 Å². The van der Waals surface area contributed by atoms with Gasteiger partial charge in [-0.1, -0.05) is 32.1 Å². The van der Waals surface area contributed by atoms with Crippen LogP contribution < -0.4 is 5.48 Å². The zero-order chi connectivity index (χ0) is 12.3. The highest BCUT2D eigenvalue weighted by Crippen LogP contribution is 2.38. The predicted molar refractivity (Wildman–Crippen MR) is 71.3 cm³/mol. The second kappa shape index (κ2) is 5.89. The van der Waals surface area contributed by atoms with Crippen LogP contribution in [0.4, 0.5) is 0 Å². The van der Waals surface area contributed by atoms with E-state index < -0.39 is 0 Å². The maximum absolute atomic E-state index is 6.11. The SMILES string of the molecule is C1CCC2(CC1)CC(NOC1CCCC1)CCO2. The van der Waals surface area contributed by atoms with Gasteiger partial charge in [0.1, 0.15) is 0 Å². The molecule has 3 rings (SSSR count). The Balaban J connectivity index is 1.47. The van der Waals surface area contributed by atoms with Gasteiger partial charge in [-0.2, -0.15) is 5.48 Å². The van der Waals surface area contributed by atoms with Gasteiger partial charge in [0.2, 0.25) is 0 Å². The van der Waals surface area contributed by atoms with Gasteiger partial charge >= 0.3 is 0 Å². The fourth-order valence-corrected chi connectivity index (χ4v) is 3.87. The molecule has 1 aliphatic heterocycles. The first-order valence-electron chi connectivity index (χ1n) is 7.91. The Kier molecular flexibility index (Phi) is 4.22. The lowest BCUT2D eigenvalue weighted by atomic mass is 9.78. The summed E-state index contributed by atoms with van der Waals surface area (Å²) < 4.78 is 6.11. The Morgan fingerprint density at radius 3 is 2.50 bits per heavy atom. The predicted octanol–water partition coefficient (Wildman–Crippen LogP) is 3.33. The molecule has 0 amide bonds. The molecule has 2 aliphatic carbocycles. The molecular weight excluding hydrogens is 226 g/mol. The van der Waals surface area contributed by atoms with Crippen molar-refractivity contribution >= 4 is 0 Å². The average Bonchev–Trinajstić information content (AvgIpc) is 2.91. The fourth-order valence-electron chi connectivity index (χ4n) is 3.87. The molecule has 0 aromatic carbocycles. The quantitative estimate of drug-likeness (QED) is 0.783. The van der Waals surface area contributed by atoms with Crippen molar-refractivity contribution in [2.45, 2.75) is 88.4 Å². The van der Waals surface area contributed by atoms with Crippen LogP contribution >= 0.6 is 0 Å². The van der Waals surface area contributed by atoms with E-state index in [9.17, 15) is 0 Å². The minimum Gasteiger partial charge on any atom is -0.375 e. The highest BCUT2D eigenvalue weighted by atomic mass is 16.7. The van der Waals surface area contributed by atoms with Gasteiger partial charge in [0, 0.05) is 12.6 Å². The van der Waals surface area contributed by atoms with Crippen molar-refractivity contribution in [3.8, 4) is 0 Å². The van der Waals surface area contributed by atoms with Crippen molar-refractivity contribution in [3.63, 3.8) is 0 Å². The molecule has 0 aromatic heterocycles. The van der Waals surface area contributed by atoms with Crippen molar-refractivity contribution in [2.75, 3.05) is 6.61 Å². The van der Waals surface area contributed by atoms with Gasteiger partial charge in [-0.3, -0.25) is 4.84 Å². The van der Waals surface area contributed by atoms with E-state index in [2.05, 4.69) is 5.48 Å². The number of hydrogen-bond donors (Lipinski definition) is 1. The monoisotopic (exact) mass is 253 g/mol. The lowest BCUT2D eigenvalue weighted by molar-refractivity contribution is -0.136. The molecule has 18 heavy (non-hydrogen) atoms. The molecule has 1 N–H and O–H groups in total. The first-order chi connectivity index (χ1) is 8.86. The van der Waals surface area contributed by atoms with E-state index in [0.29, 0.717) is 12.1 Å². The van der Waals surface area contributed by atoms with E-state index >= 15 is 0 Å². The topological polar surface area (TPSA) is 30.5 Å². The Bertz CT molecular complexity index is 252. The Labute approximate surface area is 111 Å².